The molecule has 0 spiro atoms. The smallest absolute Gasteiger partial charge is 0.188 e. The molecule has 2 rings (SSSR count). The molecule has 1 heterocycles. The fraction of sp³-hybridized carbons (Fsp3) is 0.200. The molecule has 2 aromatic rings. The minimum Gasteiger partial charge on any atom is -0.494 e. The first kappa shape index (κ1) is 14.4. The largest absolute Gasteiger partial charge is 0.494 e. The summed E-state index contributed by atoms with van der Waals surface area (Å²) < 4.78 is 10.7. The lowest BCUT2D eigenvalue weighted by Gasteiger charge is -2.09. The molecule has 102 valence electrons. The number of hydrogen-bond acceptors (Lipinski definition) is 4. The fourth-order valence-corrected chi connectivity index (χ4v) is 2.27. The van der Waals surface area contributed by atoms with Crippen molar-refractivity contribution in [3.05, 3.63) is 52.4 Å². The van der Waals surface area contributed by atoms with Gasteiger partial charge in [-0.2, -0.15) is 5.26 Å². The van der Waals surface area contributed by atoms with Crippen LogP contribution in [0.5, 0.6) is 5.75 Å². The number of ketones is 1. The molecule has 1 aromatic carbocycles. The Morgan fingerprint density at radius 2 is 2.10 bits per heavy atom. The molecule has 0 saturated heterocycles. The second-order valence-electron chi connectivity index (χ2n) is 4.04. The summed E-state index contributed by atoms with van der Waals surface area (Å²) in [6.45, 7) is 2.47. The Labute approximate surface area is 125 Å². The number of carbonyl (C=O) groups is 1. The first-order valence-corrected chi connectivity index (χ1v) is 6.86. The molecule has 0 aliphatic rings. The van der Waals surface area contributed by atoms with Gasteiger partial charge >= 0.3 is 0 Å². The average molecular weight is 334 g/mol. The van der Waals surface area contributed by atoms with E-state index >= 15 is 0 Å². The number of carbonyl (C=O) groups excluding carboxylic acids is 1. The van der Waals surface area contributed by atoms with E-state index < -0.39 is 5.92 Å². The van der Waals surface area contributed by atoms with Crippen molar-refractivity contribution in [3.63, 3.8) is 0 Å². The van der Waals surface area contributed by atoms with Gasteiger partial charge in [0.15, 0.2) is 10.5 Å². The van der Waals surface area contributed by atoms with E-state index in [9.17, 15) is 10.1 Å². The molecule has 0 saturated carbocycles. The monoisotopic (exact) mass is 333 g/mol. The maximum atomic E-state index is 12.3. The number of hydrogen-bond donors (Lipinski definition) is 0. The third-order valence-corrected chi connectivity index (χ3v) is 3.41. The summed E-state index contributed by atoms with van der Waals surface area (Å²) in [5, 5.41) is 9.26. The second-order valence-corrected chi connectivity index (χ2v) is 4.76. The van der Waals surface area contributed by atoms with Crippen LogP contribution in [0, 0.1) is 11.3 Å². The number of furan rings is 1. The van der Waals surface area contributed by atoms with Gasteiger partial charge < -0.3 is 9.15 Å². The van der Waals surface area contributed by atoms with Crippen LogP contribution in [0.1, 0.15) is 28.8 Å². The molecule has 0 amide bonds. The molecule has 0 aliphatic heterocycles. The summed E-state index contributed by atoms with van der Waals surface area (Å²) in [7, 11) is 0. The second kappa shape index (κ2) is 6.40. The minimum absolute atomic E-state index is 0.294. The molecule has 5 heteroatoms. The van der Waals surface area contributed by atoms with E-state index in [4.69, 9.17) is 9.15 Å². The van der Waals surface area contributed by atoms with E-state index in [1.807, 2.05) is 13.0 Å². The van der Waals surface area contributed by atoms with E-state index in [0.717, 1.165) is 0 Å². The van der Waals surface area contributed by atoms with E-state index in [2.05, 4.69) is 15.9 Å². The highest BCUT2D eigenvalue weighted by molar-refractivity contribution is 9.10. The molecule has 1 atom stereocenters. The standard InChI is InChI=1S/C15H12BrNO3/c1-2-19-11-5-3-10(4-6-11)13(9-17)14(18)12-7-8-20-15(12)16/h3-8,13H,2H2,1H3. The zero-order chi connectivity index (χ0) is 14.5. The topological polar surface area (TPSA) is 63.2 Å². The normalized spacial score (nSPS) is 11.7. The zero-order valence-corrected chi connectivity index (χ0v) is 12.4. The van der Waals surface area contributed by atoms with Gasteiger partial charge in [-0.3, -0.25) is 4.79 Å². The van der Waals surface area contributed by atoms with Crippen molar-refractivity contribution in [2.45, 2.75) is 12.8 Å². The van der Waals surface area contributed by atoms with E-state index in [0.29, 0.717) is 28.2 Å². The van der Waals surface area contributed by atoms with Crippen LogP contribution in [0.4, 0.5) is 0 Å². The van der Waals surface area contributed by atoms with Crippen molar-refractivity contribution in [2.24, 2.45) is 0 Å². The maximum absolute atomic E-state index is 12.3. The summed E-state index contributed by atoms with van der Waals surface area (Å²) in [6.07, 6.45) is 1.41. The molecule has 0 aliphatic carbocycles. The van der Waals surface area contributed by atoms with Crippen LogP contribution < -0.4 is 4.74 Å². The number of nitriles is 1. The Balaban J connectivity index is 2.27. The fourth-order valence-electron chi connectivity index (χ4n) is 1.83. The number of halogens is 1. The van der Waals surface area contributed by atoms with Gasteiger partial charge in [0.25, 0.3) is 0 Å². The number of ether oxygens (including phenoxy) is 1. The van der Waals surface area contributed by atoms with Gasteiger partial charge in [0, 0.05) is 0 Å². The van der Waals surface area contributed by atoms with Crippen molar-refractivity contribution in [3.8, 4) is 11.8 Å². The van der Waals surface area contributed by atoms with Crippen molar-refractivity contribution in [1.29, 1.82) is 5.26 Å². The van der Waals surface area contributed by atoms with Crippen LogP contribution in [-0.2, 0) is 0 Å². The van der Waals surface area contributed by atoms with Crippen LogP contribution in [0.25, 0.3) is 0 Å². The van der Waals surface area contributed by atoms with E-state index in [-0.39, 0.29) is 5.78 Å². The first-order chi connectivity index (χ1) is 9.67. The Morgan fingerprint density at radius 1 is 1.40 bits per heavy atom. The number of Topliss-reactive ketones (excluding diaryl/α,β-unsaturated/α-hetero) is 1. The molecule has 0 N–H and O–H groups in total. The van der Waals surface area contributed by atoms with Gasteiger partial charge in [-0.15, -0.1) is 0 Å². The number of benzene rings is 1. The van der Waals surface area contributed by atoms with Crippen LogP contribution in [-0.4, -0.2) is 12.4 Å². The highest BCUT2D eigenvalue weighted by Crippen LogP contribution is 2.27. The van der Waals surface area contributed by atoms with Crippen LogP contribution >= 0.6 is 15.9 Å². The van der Waals surface area contributed by atoms with Crippen LogP contribution in [0.2, 0.25) is 0 Å². The summed E-state index contributed by atoms with van der Waals surface area (Å²) in [5.74, 6) is -0.443. The predicted molar refractivity (Wildman–Crippen MR) is 76.7 cm³/mol. The van der Waals surface area contributed by atoms with Gasteiger partial charge in [0.1, 0.15) is 11.7 Å². The van der Waals surface area contributed by atoms with Gasteiger partial charge in [-0.25, -0.2) is 0 Å². The molecule has 1 unspecified atom stereocenters. The molecule has 1 aromatic heterocycles. The number of nitrogens with zero attached hydrogens (tertiary/aromatic N) is 1. The molecular weight excluding hydrogens is 322 g/mol. The van der Waals surface area contributed by atoms with Gasteiger partial charge in [0.2, 0.25) is 0 Å². The quantitative estimate of drug-likeness (QED) is 0.777. The number of rotatable bonds is 5. The SMILES string of the molecule is CCOc1ccc(C(C#N)C(=O)c2ccoc2Br)cc1. The minimum atomic E-state index is -0.862. The Morgan fingerprint density at radius 3 is 2.60 bits per heavy atom. The molecule has 0 radical (unpaired) electrons. The maximum Gasteiger partial charge on any atom is 0.188 e. The third kappa shape index (κ3) is 2.91. The molecule has 4 nitrogen and oxygen atoms in total. The Bertz CT molecular complexity index is 640. The van der Waals surface area contributed by atoms with Crippen molar-refractivity contribution in [2.75, 3.05) is 6.61 Å². The average Bonchev–Trinajstić information content (AvgIpc) is 2.88. The molecule has 0 fully saturated rings. The Hall–Kier alpha value is -2.06. The zero-order valence-electron chi connectivity index (χ0n) is 10.8. The summed E-state index contributed by atoms with van der Waals surface area (Å²) in [5.41, 5.74) is 1.000. The highest BCUT2D eigenvalue weighted by atomic mass is 79.9. The lowest BCUT2D eigenvalue weighted by Crippen LogP contribution is -2.11. The molecule has 0 bridgehead atoms. The van der Waals surface area contributed by atoms with Gasteiger partial charge in [-0.1, -0.05) is 12.1 Å². The summed E-state index contributed by atoms with van der Waals surface area (Å²) >= 11 is 3.15. The highest BCUT2D eigenvalue weighted by Gasteiger charge is 2.24. The van der Waals surface area contributed by atoms with Gasteiger partial charge in [-0.05, 0) is 46.6 Å². The molecule has 20 heavy (non-hydrogen) atoms. The van der Waals surface area contributed by atoms with Crippen LogP contribution in [0.3, 0.4) is 0 Å². The lowest BCUT2D eigenvalue weighted by atomic mass is 9.93. The van der Waals surface area contributed by atoms with Crippen molar-refractivity contribution >= 4 is 21.7 Å². The van der Waals surface area contributed by atoms with Gasteiger partial charge in [0.05, 0.1) is 24.5 Å². The first-order valence-electron chi connectivity index (χ1n) is 6.07. The lowest BCUT2D eigenvalue weighted by molar-refractivity contribution is 0.0977. The van der Waals surface area contributed by atoms with Crippen molar-refractivity contribution in [1.82, 2.24) is 0 Å². The Kier molecular flexibility index (Phi) is 4.59. The third-order valence-electron chi connectivity index (χ3n) is 2.80. The summed E-state index contributed by atoms with van der Waals surface area (Å²) in [6, 6.07) is 10.5. The van der Waals surface area contributed by atoms with E-state index in [1.165, 1.54) is 6.26 Å². The van der Waals surface area contributed by atoms with E-state index in [1.54, 1.807) is 30.3 Å². The predicted octanol–water partition coefficient (Wildman–Crippen LogP) is 3.93. The molecular formula is C15H12BrNO3. The van der Waals surface area contributed by atoms with Crippen LogP contribution in [0.15, 0.2) is 45.7 Å². The van der Waals surface area contributed by atoms with Crippen molar-refractivity contribution < 1.29 is 13.9 Å². The summed E-state index contributed by atoms with van der Waals surface area (Å²) in [4.78, 5) is 12.3.